The number of hydrogen-bond donors (Lipinski definition) is 2. The number of benzene rings is 2. The Morgan fingerprint density at radius 1 is 1.11 bits per heavy atom. The Hall–Kier alpha value is -4.02. The highest BCUT2D eigenvalue weighted by Gasteiger charge is 2.35. The second-order valence-corrected chi connectivity index (χ2v) is 5.49. The number of non-ortho nitro benzene ring substituents is 1. The van der Waals surface area contributed by atoms with Gasteiger partial charge in [0.15, 0.2) is 5.92 Å². The molecule has 2 N–H and O–H groups in total. The Morgan fingerprint density at radius 3 is 2.36 bits per heavy atom. The minimum atomic E-state index is -1.90. The average Bonchev–Trinajstić information content (AvgIpc) is 2.62. The highest BCUT2D eigenvalue weighted by Crippen LogP contribution is 2.32. The molecule has 1 atom stereocenters. The van der Waals surface area contributed by atoms with Crippen molar-refractivity contribution in [3.8, 4) is 0 Å². The van der Waals surface area contributed by atoms with Gasteiger partial charge in [0, 0.05) is 29.6 Å². The van der Waals surface area contributed by atoms with Crippen LogP contribution in [0.3, 0.4) is 0 Å². The monoisotopic (exact) mass is 389 g/mol. The molecule has 11 nitrogen and oxygen atoms in total. The molecule has 0 aliphatic rings. The Morgan fingerprint density at radius 2 is 1.79 bits per heavy atom. The molecular formula is C17H15N3O8. The number of nitrogens with one attached hydrogen (secondary N) is 1. The van der Waals surface area contributed by atoms with Crippen LogP contribution in [-0.4, -0.2) is 33.5 Å². The van der Waals surface area contributed by atoms with Gasteiger partial charge in [-0.1, -0.05) is 6.07 Å². The molecule has 0 fully saturated rings. The molecule has 0 spiro atoms. The van der Waals surface area contributed by atoms with Crippen molar-refractivity contribution in [2.45, 2.75) is 12.8 Å². The molecule has 0 aliphatic heterocycles. The fraction of sp³-hybridized carbons (Fsp3) is 0.176. The topological polar surface area (TPSA) is 162 Å². The molecule has 0 radical (unpaired) electrons. The summed E-state index contributed by atoms with van der Waals surface area (Å²) in [4.78, 5) is 44.3. The summed E-state index contributed by atoms with van der Waals surface area (Å²) < 4.78 is 4.72. The van der Waals surface area contributed by atoms with Gasteiger partial charge in [0.25, 0.3) is 11.4 Å². The molecule has 0 aromatic heterocycles. The molecule has 28 heavy (non-hydrogen) atoms. The standard InChI is InChI=1S/C17H15N3O8/c1-2-28-17(23)15(16(21)22)13-9-11(6-7-14(13)20(26)27)18-10-4-3-5-12(8-10)19(24)25/h3-9,15,18H,2H2,1H3,(H,21,22). The van der Waals surface area contributed by atoms with Gasteiger partial charge in [0.2, 0.25) is 0 Å². The predicted octanol–water partition coefficient (Wildman–Crippen LogP) is 2.98. The lowest BCUT2D eigenvalue weighted by Gasteiger charge is -2.14. The maximum absolute atomic E-state index is 12.0. The Bertz CT molecular complexity index is 944. The summed E-state index contributed by atoms with van der Waals surface area (Å²) in [6, 6.07) is 8.95. The van der Waals surface area contributed by atoms with Gasteiger partial charge in [-0.05, 0) is 25.1 Å². The number of carbonyl (C=O) groups is 2. The summed E-state index contributed by atoms with van der Waals surface area (Å²) in [5.74, 6) is -4.63. The first-order chi connectivity index (χ1) is 13.2. The van der Waals surface area contributed by atoms with Crippen molar-refractivity contribution in [3.63, 3.8) is 0 Å². The van der Waals surface area contributed by atoms with Crippen molar-refractivity contribution in [2.75, 3.05) is 11.9 Å². The smallest absolute Gasteiger partial charge is 0.325 e. The summed E-state index contributed by atoms with van der Waals surface area (Å²) in [5, 5.41) is 34.3. The van der Waals surface area contributed by atoms with Crippen molar-refractivity contribution in [2.24, 2.45) is 0 Å². The van der Waals surface area contributed by atoms with Crippen molar-refractivity contribution in [3.05, 3.63) is 68.3 Å². The number of nitro groups is 2. The van der Waals surface area contributed by atoms with E-state index in [1.54, 1.807) is 0 Å². The van der Waals surface area contributed by atoms with E-state index < -0.39 is 33.4 Å². The van der Waals surface area contributed by atoms with E-state index in [-0.39, 0.29) is 23.5 Å². The molecule has 2 aromatic carbocycles. The van der Waals surface area contributed by atoms with E-state index in [4.69, 9.17) is 4.74 Å². The highest BCUT2D eigenvalue weighted by molar-refractivity contribution is 6.01. The maximum atomic E-state index is 12.0. The lowest BCUT2D eigenvalue weighted by molar-refractivity contribution is -0.385. The lowest BCUT2D eigenvalue weighted by Crippen LogP contribution is -2.24. The van der Waals surface area contributed by atoms with Crippen LogP contribution in [0.1, 0.15) is 18.4 Å². The number of esters is 1. The molecule has 0 heterocycles. The summed E-state index contributed by atoms with van der Waals surface area (Å²) in [6.45, 7) is 1.38. The molecule has 146 valence electrons. The van der Waals surface area contributed by atoms with E-state index in [0.29, 0.717) is 5.69 Å². The number of nitro benzene ring substituents is 2. The van der Waals surface area contributed by atoms with Gasteiger partial charge >= 0.3 is 11.9 Å². The summed E-state index contributed by atoms with van der Waals surface area (Å²) in [7, 11) is 0. The van der Waals surface area contributed by atoms with Crippen LogP contribution < -0.4 is 5.32 Å². The fourth-order valence-corrected chi connectivity index (χ4v) is 2.48. The first kappa shape index (κ1) is 20.3. The third-order valence-electron chi connectivity index (χ3n) is 3.65. The van der Waals surface area contributed by atoms with Gasteiger partial charge in [-0.2, -0.15) is 0 Å². The van der Waals surface area contributed by atoms with E-state index in [0.717, 1.165) is 12.1 Å². The van der Waals surface area contributed by atoms with Crippen LogP contribution in [0.15, 0.2) is 42.5 Å². The lowest BCUT2D eigenvalue weighted by atomic mass is 9.96. The van der Waals surface area contributed by atoms with Gasteiger partial charge in [-0.15, -0.1) is 0 Å². The SMILES string of the molecule is CCOC(=O)C(C(=O)O)c1cc(Nc2cccc([N+](=O)[O-])c2)ccc1[N+](=O)[O-]. The molecule has 2 aromatic rings. The zero-order valence-electron chi connectivity index (χ0n) is 14.5. The summed E-state index contributed by atoms with van der Waals surface area (Å²) >= 11 is 0. The van der Waals surface area contributed by atoms with E-state index in [2.05, 4.69) is 5.32 Å². The van der Waals surface area contributed by atoms with Crippen molar-refractivity contribution >= 4 is 34.7 Å². The molecule has 11 heteroatoms. The van der Waals surface area contributed by atoms with Gasteiger partial charge in [0.05, 0.1) is 22.0 Å². The number of nitrogens with zero attached hydrogens (tertiary/aromatic N) is 2. The van der Waals surface area contributed by atoms with Gasteiger partial charge in [-0.25, -0.2) is 0 Å². The number of ether oxygens (including phenoxy) is 1. The molecule has 0 saturated heterocycles. The normalized spacial score (nSPS) is 11.3. The third kappa shape index (κ3) is 4.58. The largest absolute Gasteiger partial charge is 0.480 e. The van der Waals surface area contributed by atoms with Crippen LogP contribution in [0.4, 0.5) is 22.7 Å². The fourth-order valence-electron chi connectivity index (χ4n) is 2.48. The molecule has 1 unspecified atom stereocenters. The number of carbonyl (C=O) groups excluding carboxylic acids is 1. The van der Waals surface area contributed by atoms with Crippen LogP contribution in [0, 0.1) is 20.2 Å². The Balaban J connectivity index is 2.49. The molecule has 0 amide bonds. The van der Waals surface area contributed by atoms with Crippen LogP contribution in [0.5, 0.6) is 0 Å². The van der Waals surface area contributed by atoms with Crippen LogP contribution in [0.25, 0.3) is 0 Å². The second kappa shape index (κ2) is 8.58. The predicted molar refractivity (Wildman–Crippen MR) is 96.5 cm³/mol. The van der Waals surface area contributed by atoms with Crippen molar-refractivity contribution in [1.82, 2.24) is 0 Å². The number of rotatable bonds is 8. The molecular weight excluding hydrogens is 374 g/mol. The van der Waals surface area contributed by atoms with E-state index >= 15 is 0 Å². The van der Waals surface area contributed by atoms with Gasteiger partial charge in [0.1, 0.15) is 0 Å². The Labute approximate surface area is 157 Å². The number of carboxylic acids is 1. The zero-order valence-corrected chi connectivity index (χ0v) is 14.5. The number of hydrogen-bond acceptors (Lipinski definition) is 8. The first-order valence-corrected chi connectivity index (χ1v) is 7.93. The van der Waals surface area contributed by atoms with E-state index in [9.17, 15) is 34.9 Å². The number of aliphatic carboxylic acids is 1. The maximum Gasteiger partial charge on any atom is 0.325 e. The summed E-state index contributed by atoms with van der Waals surface area (Å²) in [5.41, 5.74) is -0.604. The second-order valence-electron chi connectivity index (χ2n) is 5.49. The quantitative estimate of drug-likeness (QED) is 0.299. The molecule has 0 aliphatic carbocycles. The minimum absolute atomic E-state index is 0.0952. The van der Waals surface area contributed by atoms with Crippen LogP contribution in [0.2, 0.25) is 0 Å². The van der Waals surface area contributed by atoms with Crippen LogP contribution >= 0.6 is 0 Å². The first-order valence-electron chi connectivity index (χ1n) is 7.93. The number of carboxylic acid groups (broad SMARTS) is 1. The average molecular weight is 389 g/mol. The molecule has 0 bridgehead atoms. The summed E-state index contributed by atoms with van der Waals surface area (Å²) in [6.07, 6.45) is 0. The van der Waals surface area contributed by atoms with Crippen LogP contribution in [-0.2, 0) is 14.3 Å². The number of anilines is 2. The van der Waals surface area contributed by atoms with Crippen molar-refractivity contribution < 1.29 is 29.3 Å². The third-order valence-corrected chi connectivity index (χ3v) is 3.65. The Kier molecular flexibility index (Phi) is 6.22. The van der Waals surface area contributed by atoms with Crippen molar-refractivity contribution in [1.29, 1.82) is 0 Å². The minimum Gasteiger partial charge on any atom is -0.480 e. The van der Waals surface area contributed by atoms with E-state index in [1.807, 2.05) is 0 Å². The zero-order chi connectivity index (χ0) is 20.8. The molecule has 0 saturated carbocycles. The van der Waals surface area contributed by atoms with E-state index in [1.165, 1.54) is 37.3 Å². The van der Waals surface area contributed by atoms with Gasteiger partial charge in [-0.3, -0.25) is 29.8 Å². The van der Waals surface area contributed by atoms with Gasteiger partial charge < -0.3 is 15.2 Å². The molecule has 2 rings (SSSR count). The highest BCUT2D eigenvalue weighted by atomic mass is 16.6.